The number of amides is 1. The van der Waals surface area contributed by atoms with Crippen LogP contribution in [0.1, 0.15) is 19.3 Å². The van der Waals surface area contributed by atoms with Gasteiger partial charge in [-0.1, -0.05) is 6.42 Å². The Hall–Kier alpha value is -0.810. The molecule has 0 heterocycles. The lowest BCUT2D eigenvalue weighted by Gasteiger charge is -2.09. The molecule has 0 atom stereocenters. The van der Waals surface area contributed by atoms with Crippen molar-refractivity contribution < 1.29 is 20.1 Å². The number of rotatable bonds is 7. The van der Waals surface area contributed by atoms with E-state index in [2.05, 4.69) is 5.32 Å². The minimum absolute atomic E-state index is 0.0111. The van der Waals surface area contributed by atoms with Gasteiger partial charge in [0.15, 0.2) is 0 Å². The zero-order chi connectivity index (χ0) is 10.1. The van der Waals surface area contributed by atoms with Gasteiger partial charge in [-0.15, -0.1) is 0 Å². The van der Waals surface area contributed by atoms with Crippen molar-refractivity contribution in [1.29, 1.82) is 0 Å². The number of carboxylic acid groups (broad SMARTS) is 1. The van der Waals surface area contributed by atoms with Crippen molar-refractivity contribution in [1.82, 2.24) is 5.32 Å². The molecule has 1 amide bonds. The highest BCUT2D eigenvalue weighted by Crippen LogP contribution is 2.06. The van der Waals surface area contributed by atoms with Crippen molar-refractivity contribution in [3.63, 3.8) is 0 Å². The van der Waals surface area contributed by atoms with E-state index in [1.165, 1.54) is 0 Å². The van der Waals surface area contributed by atoms with Gasteiger partial charge in [0, 0.05) is 25.7 Å². The lowest BCUT2D eigenvalue weighted by Crippen LogP contribution is -2.22. The largest absolute Gasteiger partial charge is 0.465 e. The Morgan fingerprint density at radius 3 is 2.31 bits per heavy atom. The van der Waals surface area contributed by atoms with E-state index in [4.69, 9.17) is 15.3 Å². The summed E-state index contributed by atoms with van der Waals surface area (Å²) in [6, 6.07) is 0. The molecule has 5 heteroatoms. The average Bonchev–Trinajstić information content (AvgIpc) is 2.11. The Bertz CT molecular complexity index is 136. The van der Waals surface area contributed by atoms with Crippen LogP contribution in [-0.4, -0.2) is 41.2 Å². The maximum Gasteiger partial charge on any atom is 0.404 e. The summed E-state index contributed by atoms with van der Waals surface area (Å²) in [7, 11) is 0. The highest BCUT2D eigenvalue weighted by molar-refractivity contribution is 5.64. The summed E-state index contributed by atoms with van der Waals surface area (Å²) >= 11 is 0. The molecule has 13 heavy (non-hydrogen) atoms. The molecule has 0 aliphatic rings. The summed E-state index contributed by atoms with van der Waals surface area (Å²) in [5.41, 5.74) is 0. The van der Waals surface area contributed by atoms with Crippen molar-refractivity contribution in [2.75, 3.05) is 19.8 Å². The fourth-order valence-corrected chi connectivity index (χ4v) is 0.994. The third kappa shape index (κ3) is 7.55. The molecule has 0 aliphatic carbocycles. The minimum atomic E-state index is -1.01. The molecule has 0 unspecified atom stereocenters. The van der Waals surface area contributed by atoms with Gasteiger partial charge < -0.3 is 20.6 Å². The zero-order valence-electron chi connectivity index (χ0n) is 7.57. The second-order valence-electron chi connectivity index (χ2n) is 2.96. The second-order valence-corrected chi connectivity index (χ2v) is 2.96. The van der Waals surface area contributed by atoms with Crippen molar-refractivity contribution in [3.05, 3.63) is 0 Å². The van der Waals surface area contributed by atoms with Crippen LogP contribution in [0, 0.1) is 5.92 Å². The van der Waals surface area contributed by atoms with E-state index in [-0.39, 0.29) is 19.1 Å². The molecular weight excluding hydrogens is 174 g/mol. The van der Waals surface area contributed by atoms with E-state index in [1.807, 2.05) is 0 Å². The van der Waals surface area contributed by atoms with Crippen LogP contribution in [0.4, 0.5) is 4.79 Å². The van der Waals surface area contributed by atoms with E-state index in [9.17, 15) is 4.79 Å². The highest BCUT2D eigenvalue weighted by Gasteiger charge is 2.04. The van der Waals surface area contributed by atoms with Crippen LogP contribution in [0.5, 0.6) is 0 Å². The lowest BCUT2D eigenvalue weighted by molar-refractivity contribution is 0.141. The van der Waals surface area contributed by atoms with Gasteiger partial charge in [0.2, 0.25) is 0 Å². The summed E-state index contributed by atoms with van der Waals surface area (Å²) in [5.74, 6) is -0.0650. The Kier molecular flexibility index (Phi) is 7.33. The fourth-order valence-electron chi connectivity index (χ4n) is 0.994. The lowest BCUT2D eigenvalue weighted by atomic mass is 10.0. The van der Waals surface area contributed by atoms with Gasteiger partial charge in [0.1, 0.15) is 0 Å². The molecule has 0 saturated carbocycles. The SMILES string of the molecule is O=C(O)NCCCCC(CO)CO. The van der Waals surface area contributed by atoms with Gasteiger partial charge in [0.05, 0.1) is 0 Å². The molecule has 0 spiro atoms. The Labute approximate surface area is 77.4 Å². The van der Waals surface area contributed by atoms with Crippen LogP contribution in [0.3, 0.4) is 0 Å². The molecule has 0 fully saturated rings. The van der Waals surface area contributed by atoms with Gasteiger partial charge in [-0.3, -0.25) is 0 Å². The molecule has 0 aromatic carbocycles. The van der Waals surface area contributed by atoms with Crippen molar-refractivity contribution in [2.45, 2.75) is 19.3 Å². The van der Waals surface area contributed by atoms with Gasteiger partial charge in [0.25, 0.3) is 0 Å². The molecule has 0 saturated heterocycles. The Morgan fingerprint density at radius 1 is 1.23 bits per heavy atom. The third-order valence-corrected chi connectivity index (χ3v) is 1.83. The first kappa shape index (κ1) is 12.2. The Morgan fingerprint density at radius 2 is 1.85 bits per heavy atom. The van der Waals surface area contributed by atoms with Gasteiger partial charge in [-0.2, -0.15) is 0 Å². The highest BCUT2D eigenvalue weighted by atomic mass is 16.4. The molecule has 0 rings (SSSR count). The first-order valence-corrected chi connectivity index (χ1v) is 4.39. The maximum atomic E-state index is 10.0. The van der Waals surface area contributed by atoms with E-state index >= 15 is 0 Å². The third-order valence-electron chi connectivity index (χ3n) is 1.83. The van der Waals surface area contributed by atoms with Crippen LogP contribution in [-0.2, 0) is 0 Å². The number of aliphatic hydroxyl groups excluding tert-OH is 2. The van der Waals surface area contributed by atoms with Gasteiger partial charge >= 0.3 is 6.09 Å². The fraction of sp³-hybridized carbons (Fsp3) is 0.875. The summed E-state index contributed by atoms with van der Waals surface area (Å²) in [6.45, 7) is 0.407. The molecule has 0 aromatic rings. The van der Waals surface area contributed by atoms with Crippen molar-refractivity contribution in [2.24, 2.45) is 5.92 Å². The van der Waals surface area contributed by atoms with Crippen LogP contribution in [0.15, 0.2) is 0 Å². The number of unbranched alkanes of at least 4 members (excludes halogenated alkanes) is 1. The Balaban J connectivity index is 3.19. The molecule has 78 valence electrons. The maximum absolute atomic E-state index is 10.0. The first-order chi connectivity index (χ1) is 6.20. The number of hydrogen-bond acceptors (Lipinski definition) is 3. The summed E-state index contributed by atoms with van der Waals surface area (Å²) in [5, 5.41) is 27.9. The number of carbonyl (C=O) groups is 1. The zero-order valence-corrected chi connectivity index (χ0v) is 7.57. The number of aliphatic hydroxyl groups is 2. The van der Waals surface area contributed by atoms with E-state index < -0.39 is 6.09 Å². The van der Waals surface area contributed by atoms with Gasteiger partial charge in [-0.25, -0.2) is 4.79 Å². The summed E-state index contributed by atoms with van der Waals surface area (Å²) in [4.78, 5) is 10.0. The van der Waals surface area contributed by atoms with E-state index in [0.717, 1.165) is 19.3 Å². The summed E-state index contributed by atoms with van der Waals surface area (Å²) in [6.07, 6.45) is 1.27. The van der Waals surface area contributed by atoms with Gasteiger partial charge in [-0.05, 0) is 12.8 Å². The van der Waals surface area contributed by atoms with E-state index in [0.29, 0.717) is 6.54 Å². The molecule has 5 nitrogen and oxygen atoms in total. The minimum Gasteiger partial charge on any atom is -0.465 e. The predicted molar refractivity (Wildman–Crippen MR) is 47.5 cm³/mol. The monoisotopic (exact) mass is 191 g/mol. The van der Waals surface area contributed by atoms with Crippen molar-refractivity contribution in [3.8, 4) is 0 Å². The van der Waals surface area contributed by atoms with Crippen molar-refractivity contribution >= 4 is 6.09 Å². The number of nitrogens with one attached hydrogen (secondary N) is 1. The number of hydrogen-bond donors (Lipinski definition) is 4. The first-order valence-electron chi connectivity index (χ1n) is 4.39. The standard InChI is InChI=1S/C8H17NO4/c10-5-7(6-11)3-1-2-4-9-8(12)13/h7,9-11H,1-6H2,(H,12,13). The molecule has 0 aromatic heterocycles. The quantitative estimate of drug-likeness (QED) is 0.427. The molecule has 0 radical (unpaired) electrons. The topological polar surface area (TPSA) is 89.8 Å². The molecule has 0 bridgehead atoms. The van der Waals surface area contributed by atoms with Crippen LogP contribution < -0.4 is 5.32 Å². The van der Waals surface area contributed by atoms with Crippen LogP contribution in [0.2, 0.25) is 0 Å². The van der Waals surface area contributed by atoms with Crippen LogP contribution >= 0.6 is 0 Å². The molecule has 0 aliphatic heterocycles. The predicted octanol–water partition coefficient (Wildman–Crippen LogP) is 0.0251. The smallest absolute Gasteiger partial charge is 0.404 e. The normalized spacial score (nSPS) is 10.4. The molecular formula is C8H17NO4. The van der Waals surface area contributed by atoms with Crippen LogP contribution in [0.25, 0.3) is 0 Å². The summed E-state index contributed by atoms with van der Waals surface area (Å²) < 4.78 is 0. The van der Waals surface area contributed by atoms with E-state index in [1.54, 1.807) is 0 Å². The second kappa shape index (κ2) is 7.82. The molecule has 4 N–H and O–H groups in total. The average molecular weight is 191 g/mol.